The van der Waals surface area contributed by atoms with Crippen LogP contribution in [0.5, 0.6) is 5.75 Å². The molecular formula is C15H14F2N2O3. The Bertz CT molecular complexity index is 638. The summed E-state index contributed by atoms with van der Waals surface area (Å²) >= 11 is 0. The number of benzene rings is 1. The van der Waals surface area contributed by atoms with Crippen LogP contribution in [0.4, 0.5) is 8.78 Å². The zero-order chi connectivity index (χ0) is 15.9. The van der Waals surface area contributed by atoms with E-state index in [4.69, 9.17) is 4.74 Å². The maximum atomic E-state index is 13.0. The van der Waals surface area contributed by atoms with Crippen LogP contribution in [0.15, 0.2) is 42.7 Å². The van der Waals surface area contributed by atoms with Crippen LogP contribution in [0, 0.1) is 11.6 Å². The van der Waals surface area contributed by atoms with E-state index < -0.39 is 17.7 Å². The molecule has 0 spiro atoms. The van der Waals surface area contributed by atoms with Gasteiger partial charge in [0.15, 0.2) is 11.6 Å². The van der Waals surface area contributed by atoms with Crippen LogP contribution < -0.4 is 10.1 Å². The minimum Gasteiger partial charge on any atom is -0.491 e. The number of aliphatic hydroxyl groups excluding tert-OH is 1. The van der Waals surface area contributed by atoms with Gasteiger partial charge in [-0.15, -0.1) is 0 Å². The second kappa shape index (κ2) is 7.46. The third-order valence-corrected chi connectivity index (χ3v) is 2.76. The lowest BCUT2D eigenvalue weighted by molar-refractivity contribution is 0.0843. The Hall–Kier alpha value is -2.54. The van der Waals surface area contributed by atoms with E-state index in [2.05, 4.69) is 10.3 Å². The molecule has 1 aromatic heterocycles. The second-order valence-electron chi connectivity index (χ2n) is 4.49. The minimum absolute atomic E-state index is 0.0442. The summed E-state index contributed by atoms with van der Waals surface area (Å²) in [6.45, 7) is -0.213. The van der Waals surface area contributed by atoms with E-state index in [1.54, 1.807) is 18.3 Å². The largest absolute Gasteiger partial charge is 0.491 e. The predicted molar refractivity (Wildman–Crippen MR) is 74.4 cm³/mol. The van der Waals surface area contributed by atoms with Crippen LogP contribution in [0.25, 0.3) is 0 Å². The number of carbonyl (C=O) groups excluding carboxylic acids is 1. The monoisotopic (exact) mass is 308 g/mol. The van der Waals surface area contributed by atoms with E-state index in [1.807, 2.05) is 0 Å². The SMILES string of the molecule is O=C(NCC(O)COc1ccc(F)c(F)c1)c1cccnc1. The first-order valence-electron chi connectivity index (χ1n) is 6.50. The highest BCUT2D eigenvalue weighted by Gasteiger charge is 2.10. The average molecular weight is 308 g/mol. The van der Waals surface area contributed by atoms with E-state index >= 15 is 0 Å². The molecule has 22 heavy (non-hydrogen) atoms. The average Bonchev–Trinajstić information content (AvgIpc) is 2.54. The summed E-state index contributed by atoms with van der Waals surface area (Å²) in [5.74, 6) is -2.29. The Kier molecular flexibility index (Phi) is 5.37. The highest BCUT2D eigenvalue weighted by Crippen LogP contribution is 2.15. The lowest BCUT2D eigenvalue weighted by Gasteiger charge is -2.13. The molecule has 0 radical (unpaired) electrons. The van der Waals surface area contributed by atoms with E-state index in [9.17, 15) is 18.7 Å². The summed E-state index contributed by atoms with van der Waals surface area (Å²) in [6, 6.07) is 6.28. The highest BCUT2D eigenvalue weighted by atomic mass is 19.2. The molecule has 0 saturated heterocycles. The molecule has 0 aliphatic carbocycles. The molecule has 1 unspecified atom stereocenters. The lowest BCUT2D eigenvalue weighted by Crippen LogP contribution is -2.35. The molecule has 2 rings (SSSR count). The molecular weight excluding hydrogens is 294 g/mol. The molecule has 1 atom stereocenters. The molecule has 5 nitrogen and oxygen atoms in total. The first kappa shape index (κ1) is 15.8. The van der Waals surface area contributed by atoms with Crippen molar-refractivity contribution >= 4 is 5.91 Å². The molecule has 116 valence electrons. The van der Waals surface area contributed by atoms with Crippen molar-refractivity contribution in [3.05, 3.63) is 59.9 Å². The number of amides is 1. The summed E-state index contributed by atoms with van der Waals surface area (Å²) in [6.07, 6.45) is 1.95. The van der Waals surface area contributed by atoms with E-state index in [0.717, 1.165) is 12.1 Å². The van der Waals surface area contributed by atoms with Crippen LogP contribution in [0.1, 0.15) is 10.4 Å². The Balaban J connectivity index is 1.77. The molecule has 2 aromatic rings. The van der Waals surface area contributed by atoms with Gasteiger partial charge >= 0.3 is 0 Å². The summed E-state index contributed by atoms with van der Waals surface area (Å²) < 4.78 is 30.8. The number of nitrogens with one attached hydrogen (secondary N) is 1. The molecule has 1 amide bonds. The van der Waals surface area contributed by atoms with Crippen molar-refractivity contribution in [2.75, 3.05) is 13.2 Å². The van der Waals surface area contributed by atoms with Gasteiger partial charge in [0.2, 0.25) is 0 Å². The number of aromatic nitrogens is 1. The first-order valence-corrected chi connectivity index (χ1v) is 6.50. The second-order valence-corrected chi connectivity index (χ2v) is 4.49. The molecule has 0 aliphatic rings. The van der Waals surface area contributed by atoms with Gasteiger partial charge in [-0.3, -0.25) is 9.78 Å². The fraction of sp³-hybridized carbons (Fsp3) is 0.200. The van der Waals surface area contributed by atoms with Crippen LogP contribution in [-0.2, 0) is 0 Å². The van der Waals surface area contributed by atoms with Gasteiger partial charge in [0.25, 0.3) is 5.91 Å². The lowest BCUT2D eigenvalue weighted by atomic mass is 10.2. The third-order valence-electron chi connectivity index (χ3n) is 2.76. The minimum atomic E-state index is -1.03. The molecule has 1 aromatic carbocycles. The molecule has 1 heterocycles. The maximum Gasteiger partial charge on any atom is 0.252 e. The Labute approximate surface area is 125 Å². The van der Waals surface area contributed by atoms with Gasteiger partial charge in [-0.25, -0.2) is 8.78 Å². The Morgan fingerprint density at radius 1 is 1.32 bits per heavy atom. The standard InChI is InChI=1S/C15H14F2N2O3/c16-13-4-3-12(6-14(13)17)22-9-11(20)8-19-15(21)10-2-1-5-18-7-10/h1-7,11,20H,8-9H2,(H,19,21). The van der Waals surface area contributed by atoms with Gasteiger partial charge in [-0.1, -0.05) is 0 Å². The number of ether oxygens (including phenoxy) is 1. The smallest absolute Gasteiger partial charge is 0.252 e. The van der Waals surface area contributed by atoms with Crippen molar-refractivity contribution in [3.63, 3.8) is 0 Å². The number of nitrogens with zero attached hydrogens (tertiary/aromatic N) is 1. The van der Waals surface area contributed by atoms with Crippen molar-refractivity contribution in [2.45, 2.75) is 6.10 Å². The number of hydrogen-bond donors (Lipinski definition) is 2. The van der Waals surface area contributed by atoms with E-state index in [1.165, 1.54) is 12.3 Å². The van der Waals surface area contributed by atoms with Gasteiger partial charge in [0.05, 0.1) is 5.56 Å². The van der Waals surface area contributed by atoms with Crippen LogP contribution >= 0.6 is 0 Å². The molecule has 0 saturated carbocycles. The van der Waals surface area contributed by atoms with Gasteiger partial charge in [-0.05, 0) is 24.3 Å². The number of aliphatic hydroxyl groups is 1. The van der Waals surface area contributed by atoms with Gasteiger partial charge in [0, 0.05) is 25.0 Å². The number of carbonyl (C=O) groups is 1. The molecule has 0 fully saturated rings. The normalized spacial score (nSPS) is 11.8. The molecule has 2 N–H and O–H groups in total. The predicted octanol–water partition coefficient (Wildman–Crippen LogP) is 1.53. The Morgan fingerprint density at radius 2 is 2.14 bits per heavy atom. The fourth-order valence-electron chi connectivity index (χ4n) is 1.63. The Morgan fingerprint density at radius 3 is 2.82 bits per heavy atom. The number of pyridine rings is 1. The molecule has 0 bridgehead atoms. The quantitative estimate of drug-likeness (QED) is 0.849. The van der Waals surface area contributed by atoms with Gasteiger partial charge in [-0.2, -0.15) is 0 Å². The molecule has 7 heteroatoms. The summed E-state index contributed by atoms with van der Waals surface area (Å²) in [7, 11) is 0. The fourth-order valence-corrected chi connectivity index (χ4v) is 1.63. The summed E-state index contributed by atoms with van der Waals surface area (Å²) in [4.78, 5) is 15.5. The summed E-state index contributed by atoms with van der Waals surface area (Å²) in [5, 5.41) is 12.2. The van der Waals surface area contributed by atoms with Crippen molar-refractivity contribution in [1.29, 1.82) is 0 Å². The summed E-state index contributed by atoms with van der Waals surface area (Å²) in [5.41, 5.74) is 0.372. The van der Waals surface area contributed by atoms with Crippen LogP contribution in [-0.4, -0.2) is 35.3 Å². The van der Waals surface area contributed by atoms with Crippen molar-refractivity contribution < 1.29 is 23.4 Å². The topological polar surface area (TPSA) is 71.5 Å². The number of halogens is 2. The zero-order valence-electron chi connectivity index (χ0n) is 11.5. The molecule has 0 aliphatic heterocycles. The number of rotatable bonds is 6. The van der Waals surface area contributed by atoms with E-state index in [0.29, 0.717) is 5.56 Å². The van der Waals surface area contributed by atoms with Crippen LogP contribution in [0.3, 0.4) is 0 Å². The van der Waals surface area contributed by atoms with Crippen molar-refractivity contribution in [3.8, 4) is 5.75 Å². The highest BCUT2D eigenvalue weighted by molar-refractivity contribution is 5.93. The van der Waals surface area contributed by atoms with Crippen molar-refractivity contribution in [1.82, 2.24) is 10.3 Å². The maximum absolute atomic E-state index is 13.0. The van der Waals surface area contributed by atoms with Gasteiger partial charge < -0.3 is 15.2 Å². The zero-order valence-corrected chi connectivity index (χ0v) is 11.5. The van der Waals surface area contributed by atoms with E-state index in [-0.39, 0.29) is 24.8 Å². The number of hydrogen-bond acceptors (Lipinski definition) is 4. The van der Waals surface area contributed by atoms with Gasteiger partial charge in [0.1, 0.15) is 18.5 Å². The first-order chi connectivity index (χ1) is 10.6. The van der Waals surface area contributed by atoms with Crippen LogP contribution in [0.2, 0.25) is 0 Å². The van der Waals surface area contributed by atoms with Crippen molar-refractivity contribution in [2.24, 2.45) is 0 Å². The third kappa shape index (κ3) is 4.49.